The number of pyridine rings is 1. The maximum absolute atomic E-state index is 12.6. The van der Waals surface area contributed by atoms with Gasteiger partial charge in [-0.1, -0.05) is 0 Å². The molecule has 116 valence electrons. The van der Waals surface area contributed by atoms with Crippen LogP contribution in [0.4, 0.5) is 19.0 Å². The lowest BCUT2D eigenvalue weighted by atomic mass is 9.96. The number of alkyl halides is 3. The fourth-order valence-corrected chi connectivity index (χ4v) is 2.67. The summed E-state index contributed by atoms with van der Waals surface area (Å²) in [6.07, 6.45) is -4.07. The Morgan fingerprint density at radius 2 is 2.00 bits per heavy atom. The topological polar surface area (TPSA) is 42.4 Å². The Bertz CT molecular complexity index is 529. The molecule has 0 radical (unpaired) electrons. The molecule has 2 rings (SSSR count). The Kier molecular flexibility index (Phi) is 4.75. The van der Waals surface area contributed by atoms with Crippen molar-refractivity contribution in [1.29, 1.82) is 0 Å². The van der Waals surface area contributed by atoms with Gasteiger partial charge < -0.3 is 9.64 Å². The second-order valence-electron chi connectivity index (χ2n) is 4.79. The monoisotopic (exact) mass is 366 g/mol. The fraction of sp³-hybridized carbons (Fsp3) is 0.538. The van der Waals surface area contributed by atoms with E-state index in [1.807, 2.05) is 0 Å². The van der Waals surface area contributed by atoms with Gasteiger partial charge in [-0.05, 0) is 40.9 Å². The number of ether oxygens (including phenoxy) is 1. The van der Waals surface area contributed by atoms with Crippen LogP contribution in [0.1, 0.15) is 23.3 Å². The number of nitrogens with zero attached hydrogens (tertiary/aromatic N) is 2. The maximum Gasteiger partial charge on any atom is 0.391 e. The first-order chi connectivity index (χ1) is 9.82. The minimum atomic E-state index is -4.14. The Balaban J connectivity index is 2.12. The normalized spacial score (nSPS) is 16.9. The van der Waals surface area contributed by atoms with Crippen LogP contribution >= 0.6 is 15.9 Å². The standard InChI is InChI=1S/C13H14BrF3N2O2/c1-21-12(20)11-9(14)2-3-10(18-11)19-6-4-8(5-7-19)13(15,16)17/h2-3,8H,4-7H2,1H3. The largest absolute Gasteiger partial charge is 0.464 e. The highest BCUT2D eigenvalue weighted by Gasteiger charge is 2.41. The van der Waals surface area contributed by atoms with E-state index in [1.165, 1.54) is 7.11 Å². The van der Waals surface area contributed by atoms with Crippen molar-refractivity contribution in [2.75, 3.05) is 25.1 Å². The minimum absolute atomic E-state index is 0.0365. The summed E-state index contributed by atoms with van der Waals surface area (Å²) >= 11 is 3.20. The van der Waals surface area contributed by atoms with Crippen LogP contribution in [0, 0.1) is 5.92 Å². The van der Waals surface area contributed by atoms with E-state index in [1.54, 1.807) is 17.0 Å². The van der Waals surface area contributed by atoms with E-state index in [-0.39, 0.29) is 31.6 Å². The molecule has 0 spiro atoms. The lowest BCUT2D eigenvalue weighted by Gasteiger charge is -2.33. The van der Waals surface area contributed by atoms with Crippen LogP contribution in [0.15, 0.2) is 16.6 Å². The minimum Gasteiger partial charge on any atom is -0.464 e. The number of esters is 1. The van der Waals surface area contributed by atoms with Crippen LogP contribution in [0.2, 0.25) is 0 Å². The number of hydrogen-bond donors (Lipinski definition) is 0. The average Bonchev–Trinajstić information content (AvgIpc) is 2.46. The first-order valence-electron chi connectivity index (χ1n) is 6.39. The number of methoxy groups -OCH3 is 1. The van der Waals surface area contributed by atoms with Crippen molar-refractivity contribution in [3.8, 4) is 0 Å². The molecule has 1 aliphatic heterocycles. The van der Waals surface area contributed by atoms with E-state index in [0.29, 0.717) is 10.3 Å². The number of aromatic nitrogens is 1. The number of carbonyl (C=O) groups excluding carboxylic acids is 1. The van der Waals surface area contributed by atoms with Gasteiger partial charge in [0.1, 0.15) is 5.82 Å². The molecular formula is C13H14BrF3N2O2. The van der Waals surface area contributed by atoms with Gasteiger partial charge in [0.15, 0.2) is 5.69 Å². The Morgan fingerprint density at radius 3 is 2.52 bits per heavy atom. The molecule has 4 nitrogen and oxygen atoms in total. The van der Waals surface area contributed by atoms with E-state index >= 15 is 0 Å². The van der Waals surface area contributed by atoms with E-state index in [9.17, 15) is 18.0 Å². The molecule has 0 bridgehead atoms. The maximum atomic E-state index is 12.6. The van der Waals surface area contributed by atoms with Gasteiger partial charge in [0.25, 0.3) is 0 Å². The molecular weight excluding hydrogens is 353 g/mol. The number of rotatable bonds is 2. The van der Waals surface area contributed by atoms with Crippen molar-refractivity contribution in [1.82, 2.24) is 4.98 Å². The molecule has 0 N–H and O–H groups in total. The first-order valence-corrected chi connectivity index (χ1v) is 7.18. The fourth-order valence-electron chi connectivity index (χ4n) is 2.28. The van der Waals surface area contributed by atoms with Gasteiger partial charge in [0.2, 0.25) is 0 Å². The van der Waals surface area contributed by atoms with E-state index in [2.05, 4.69) is 25.7 Å². The van der Waals surface area contributed by atoms with Gasteiger partial charge >= 0.3 is 12.1 Å². The molecule has 21 heavy (non-hydrogen) atoms. The predicted molar refractivity (Wildman–Crippen MR) is 74.3 cm³/mol. The Labute approximate surface area is 128 Å². The molecule has 0 saturated carbocycles. The zero-order chi connectivity index (χ0) is 15.6. The third-order valence-electron chi connectivity index (χ3n) is 3.49. The summed E-state index contributed by atoms with van der Waals surface area (Å²) in [5.74, 6) is -1.36. The van der Waals surface area contributed by atoms with Crippen LogP contribution in [0.25, 0.3) is 0 Å². The van der Waals surface area contributed by atoms with E-state index in [0.717, 1.165) is 0 Å². The summed E-state index contributed by atoms with van der Waals surface area (Å²) in [4.78, 5) is 17.5. The van der Waals surface area contributed by atoms with Gasteiger partial charge in [-0.3, -0.25) is 0 Å². The van der Waals surface area contributed by atoms with Gasteiger partial charge in [-0.15, -0.1) is 0 Å². The second kappa shape index (κ2) is 6.21. The molecule has 0 aliphatic carbocycles. The Hall–Kier alpha value is -1.31. The molecule has 1 aromatic heterocycles. The molecule has 0 unspecified atom stereocenters. The molecule has 2 heterocycles. The molecule has 0 aromatic carbocycles. The highest BCUT2D eigenvalue weighted by atomic mass is 79.9. The third-order valence-corrected chi connectivity index (χ3v) is 4.13. The van der Waals surface area contributed by atoms with Crippen molar-refractivity contribution in [2.24, 2.45) is 5.92 Å². The molecule has 8 heteroatoms. The molecule has 0 atom stereocenters. The quantitative estimate of drug-likeness (QED) is 0.752. The van der Waals surface area contributed by atoms with E-state index < -0.39 is 18.1 Å². The van der Waals surface area contributed by atoms with E-state index in [4.69, 9.17) is 0 Å². The predicted octanol–water partition coefficient (Wildman–Crippen LogP) is 3.41. The van der Waals surface area contributed by atoms with Gasteiger partial charge in [-0.25, -0.2) is 9.78 Å². The number of piperidine rings is 1. The van der Waals surface area contributed by atoms with Crippen molar-refractivity contribution in [3.05, 3.63) is 22.3 Å². The molecule has 1 aliphatic rings. The van der Waals surface area contributed by atoms with Crippen LogP contribution in [0.3, 0.4) is 0 Å². The highest BCUT2D eigenvalue weighted by molar-refractivity contribution is 9.10. The van der Waals surface area contributed by atoms with Crippen molar-refractivity contribution >= 4 is 27.7 Å². The number of carbonyl (C=O) groups is 1. The van der Waals surface area contributed by atoms with Gasteiger partial charge in [-0.2, -0.15) is 13.2 Å². The van der Waals surface area contributed by atoms with Crippen molar-refractivity contribution in [3.63, 3.8) is 0 Å². The highest BCUT2D eigenvalue weighted by Crippen LogP contribution is 2.35. The van der Waals surface area contributed by atoms with Crippen LogP contribution in [-0.2, 0) is 4.74 Å². The molecule has 0 amide bonds. The van der Waals surface area contributed by atoms with Gasteiger partial charge in [0.05, 0.1) is 17.5 Å². The lowest BCUT2D eigenvalue weighted by Crippen LogP contribution is -2.39. The summed E-state index contributed by atoms with van der Waals surface area (Å²) in [5.41, 5.74) is 0.118. The number of halogens is 4. The Morgan fingerprint density at radius 1 is 1.38 bits per heavy atom. The summed E-state index contributed by atoms with van der Waals surface area (Å²) < 4.78 is 43.0. The molecule has 1 aromatic rings. The summed E-state index contributed by atoms with van der Waals surface area (Å²) in [7, 11) is 1.25. The molecule has 1 saturated heterocycles. The van der Waals surface area contributed by atoms with Crippen LogP contribution < -0.4 is 4.90 Å². The smallest absolute Gasteiger partial charge is 0.391 e. The van der Waals surface area contributed by atoms with Crippen molar-refractivity contribution < 1.29 is 22.7 Å². The van der Waals surface area contributed by atoms with Crippen LogP contribution in [0.5, 0.6) is 0 Å². The summed E-state index contributed by atoms with van der Waals surface area (Å²) in [5, 5.41) is 0. The summed E-state index contributed by atoms with van der Waals surface area (Å²) in [6.45, 7) is 0.527. The van der Waals surface area contributed by atoms with Crippen LogP contribution in [-0.4, -0.2) is 37.3 Å². The second-order valence-corrected chi connectivity index (χ2v) is 5.65. The zero-order valence-corrected chi connectivity index (χ0v) is 12.9. The zero-order valence-electron chi connectivity index (χ0n) is 11.3. The SMILES string of the molecule is COC(=O)c1nc(N2CCC(C(F)(F)F)CC2)ccc1Br. The van der Waals surface area contributed by atoms with Gasteiger partial charge in [0, 0.05) is 13.1 Å². The summed E-state index contributed by atoms with van der Waals surface area (Å²) in [6, 6.07) is 3.31. The third kappa shape index (κ3) is 3.66. The first kappa shape index (κ1) is 16.1. The van der Waals surface area contributed by atoms with Crippen molar-refractivity contribution in [2.45, 2.75) is 19.0 Å². The number of hydrogen-bond acceptors (Lipinski definition) is 4. The lowest BCUT2D eigenvalue weighted by molar-refractivity contribution is -0.179. The molecule has 1 fully saturated rings. The average molecular weight is 367 g/mol. The number of anilines is 1.